The van der Waals surface area contributed by atoms with E-state index in [2.05, 4.69) is 22.4 Å². The molecule has 0 N–H and O–H groups in total. The standard InChI is InChI=1S/C16H21N5OS/c1-12-5-7-14(8-6-12)21-16(17-18-19-21)23-11-15(22)20-9-3-4-13(2)10-20/h5-8,13H,3-4,9-11H2,1-2H3/t13-/m0/s1. The van der Waals surface area contributed by atoms with Gasteiger partial charge in [-0.05, 0) is 48.2 Å². The van der Waals surface area contributed by atoms with Crippen LogP contribution in [0.5, 0.6) is 0 Å². The van der Waals surface area contributed by atoms with Crippen molar-refractivity contribution in [3.8, 4) is 5.69 Å². The van der Waals surface area contributed by atoms with Crippen molar-refractivity contribution >= 4 is 17.7 Å². The summed E-state index contributed by atoms with van der Waals surface area (Å²) in [6.07, 6.45) is 2.31. The fourth-order valence-corrected chi connectivity index (χ4v) is 3.54. The van der Waals surface area contributed by atoms with Gasteiger partial charge in [-0.2, -0.15) is 4.68 Å². The van der Waals surface area contributed by atoms with E-state index in [9.17, 15) is 4.79 Å². The largest absolute Gasteiger partial charge is 0.342 e. The Morgan fingerprint density at radius 2 is 2.13 bits per heavy atom. The van der Waals surface area contributed by atoms with Gasteiger partial charge >= 0.3 is 0 Å². The molecule has 122 valence electrons. The lowest BCUT2D eigenvalue weighted by molar-refractivity contribution is -0.130. The summed E-state index contributed by atoms with van der Waals surface area (Å²) in [4.78, 5) is 14.3. The first-order valence-corrected chi connectivity index (χ1v) is 8.88. The number of carbonyl (C=O) groups is 1. The average Bonchev–Trinajstić information content (AvgIpc) is 3.02. The average molecular weight is 331 g/mol. The van der Waals surface area contributed by atoms with Gasteiger partial charge in [-0.15, -0.1) is 5.10 Å². The van der Waals surface area contributed by atoms with Crippen LogP contribution in [0, 0.1) is 12.8 Å². The number of tetrazole rings is 1. The Morgan fingerprint density at radius 3 is 2.87 bits per heavy atom. The molecule has 0 spiro atoms. The van der Waals surface area contributed by atoms with Gasteiger partial charge in [-0.25, -0.2) is 0 Å². The fraction of sp³-hybridized carbons (Fsp3) is 0.500. The monoisotopic (exact) mass is 331 g/mol. The van der Waals surface area contributed by atoms with Crippen LogP contribution < -0.4 is 0 Å². The molecule has 1 atom stereocenters. The molecule has 1 amide bonds. The number of nitrogens with zero attached hydrogens (tertiary/aromatic N) is 5. The van der Waals surface area contributed by atoms with Crippen LogP contribution in [0.2, 0.25) is 0 Å². The third-order valence-corrected chi connectivity index (χ3v) is 4.96. The second kappa shape index (κ2) is 7.12. The Morgan fingerprint density at radius 1 is 1.35 bits per heavy atom. The van der Waals surface area contributed by atoms with E-state index in [0.717, 1.165) is 25.2 Å². The van der Waals surface area contributed by atoms with Crippen LogP contribution in [0.15, 0.2) is 29.4 Å². The minimum absolute atomic E-state index is 0.167. The number of hydrogen-bond donors (Lipinski definition) is 0. The molecular weight excluding hydrogens is 310 g/mol. The molecule has 0 saturated carbocycles. The molecule has 1 fully saturated rings. The highest BCUT2D eigenvalue weighted by molar-refractivity contribution is 7.99. The summed E-state index contributed by atoms with van der Waals surface area (Å²) >= 11 is 1.39. The molecule has 0 bridgehead atoms. The van der Waals surface area contributed by atoms with Crippen molar-refractivity contribution in [2.45, 2.75) is 31.8 Å². The Balaban J connectivity index is 1.64. The van der Waals surface area contributed by atoms with Gasteiger partial charge in [0.1, 0.15) is 0 Å². The Kier molecular flexibility index (Phi) is 4.95. The Bertz CT molecular complexity index is 669. The van der Waals surface area contributed by atoms with Crippen LogP contribution in [-0.4, -0.2) is 49.9 Å². The zero-order chi connectivity index (χ0) is 16.2. The van der Waals surface area contributed by atoms with Crippen LogP contribution in [0.4, 0.5) is 0 Å². The summed E-state index contributed by atoms with van der Waals surface area (Å²) in [5.41, 5.74) is 2.09. The lowest BCUT2D eigenvalue weighted by atomic mass is 10.0. The second-order valence-electron chi connectivity index (χ2n) is 6.08. The van der Waals surface area contributed by atoms with Crippen LogP contribution in [0.3, 0.4) is 0 Å². The molecule has 1 saturated heterocycles. The molecule has 3 rings (SSSR count). The van der Waals surface area contributed by atoms with E-state index >= 15 is 0 Å². The van der Waals surface area contributed by atoms with Crippen LogP contribution in [0.1, 0.15) is 25.3 Å². The van der Waals surface area contributed by atoms with Crippen molar-refractivity contribution in [2.24, 2.45) is 5.92 Å². The first kappa shape index (κ1) is 16.0. The van der Waals surface area contributed by atoms with Gasteiger partial charge in [0.2, 0.25) is 11.1 Å². The van der Waals surface area contributed by atoms with Crippen molar-refractivity contribution in [1.29, 1.82) is 0 Å². The molecule has 1 aromatic carbocycles. The van der Waals surface area contributed by atoms with Crippen molar-refractivity contribution in [3.63, 3.8) is 0 Å². The molecule has 23 heavy (non-hydrogen) atoms. The highest BCUT2D eigenvalue weighted by atomic mass is 32.2. The molecule has 0 unspecified atom stereocenters. The highest BCUT2D eigenvalue weighted by Gasteiger charge is 2.21. The topological polar surface area (TPSA) is 63.9 Å². The number of piperidine rings is 1. The summed E-state index contributed by atoms with van der Waals surface area (Å²) in [6, 6.07) is 7.99. The second-order valence-corrected chi connectivity index (χ2v) is 7.03. The summed E-state index contributed by atoms with van der Waals surface area (Å²) in [5, 5.41) is 12.5. The molecule has 2 aromatic rings. The maximum absolute atomic E-state index is 12.4. The molecule has 1 aliphatic heterocycles. The van der Waals surface area contributed by atoms with Crippen molar-refractivity contribution < 1.29 is 4.79 Å². The summed E-state index contributed by atoms with van der Waals surface area (Å²) in [7, 11) is 0. The SMILES string of the molecule is Cc1ccc(-n2nnnc2SCC(=O)N2CCC[C@H](C)C2)cc1. The number of amides is 1. The minimum atomic E-state index is 0.167. The van der Waals surface area contributed by atoms with E-state index in [1.807, 2.05) is 36.1 Å². The third kappa shape index (κ3) is 3.90. The molecule has 2 heterocycles. The van der Waals surface area contributed by atoms with E-state index < -0.39 is 0 Å². The van der Waals surface area contributed by atoms with E-state index in [1.165, 1.54) is 23.7 Å². The lowest BCUT2D eigenvalue weighted by Gasteiger charge is -2.30. The quantitative estimate of drug-likeness (QED) is 0.805. The van der Waals surface area contributed by atoms with Crippen molar-refractivity contribution in [3.05, 3.63) is 29.8 Å². The number of carbonyl (C=O) groups excluding carboxylic acids is 1. The fourth-order valence-electron chi connectivity index (χ4n) is 2.75. The first-order valence-electron chi connectivity index (χ1n) is 7.89. The van der Waals surface area contributed by atoms with Crippen LogP contribution in [-0.2, 0) is 4.79 Å². The Labute approximate surface area is 140 Å². The zero-order valence-corrected chi connectivity index (χ0v) is 14.3. The number of aryl methyl sites for hydroxylation is 1. The van der Waals surface area contributed by atoms with Gasteiger partial charge < -0.3 is 4.90 Å². The van der Waals surface area contributed by atoms with E-state index in [1.54, 1.807) is 4.68 Å². The van der Waals surface area contributed by atoms with E-state index in [4.69, 9.17) is 0 Å². The van der Waals surface area contributed by atoms with Crippen LogP contribution >= 0.6 is 11.8 Å². The predicted octanol–water partition coefficient (Wildman–Crippen LogP) is 2.32. The number of benzene rings is 1. The molecule has 6 nitrogen and oxygen atoms in total. The number of likely N-dealkylation sites (tertiary alicyclic amines) is 1. The molecular formula is C16H21N5OS. The molecule has 0 radical (unpaired) electrons. The maximum Gasteiger partial charge on any atom is 0.233 e. The summed E-state index contributed by atoms with van der Waals surface area (Å²) in [6.45, 7) is 5.97. The molecule has 0 aliphatic carbocycles. The van der Waals surface area contributed by atoms with Gasteiger partial charge in [-0.1, -0.05) is 36.4 Å². The lowest BCUT2D eigenvalue weighted by Crippen LogP contribution is -2.40. The first-order chi connectivity index (χ1) is 11.1. The smallest absolute Gasteiger partial charge is 0.233 e. The number of aromatic nitrogens is 4. The van der Waals surface area contributed by atoms with Crippen LogP contribution in [0.25, 0.3) is 5.69 Å². The van der Waals surface area contributed by atoms with Gasteiger partial charge in [0, 0.05) is 13.1 Å². The highest BCUT2D eigenvalue weighted by Crippen LogP contribution is 2.21. The van der Waals surface area contributed by atoms with Crippen molar-refractivity contribution in [1.82, 2.24) is 25.1 Å². The van der Waals surface area contributed by atoms with E-state index in [0.29, 0.717) is 16.8 Å². The van der Waals surface area contributed by atoms with Gasteiger partial charge in [0.25, 0.3) is 0 Å². The summed E-state index contributed by atoms with van der Waals surface area (Å²) in [5.74, 6) is 1.13. The predicted molar refractivity (Wildman–Crippen MR) is 89.6 cm³/mol. The molecule has 1 aromatic heterocycles. The molecule has 7 heteroatoms. The zero-order valence-electron chi connectivity index (χ0n) is 13.5. The van der Waals surface area contributed by atoms with E-state index in [-0.39, 0.29) is 5.91 Å². The minimum Gasteiger partial charge on any atom is -0.342 e. The third-order valence-electron chi connectivity index (χ3n) is 4.05. The summed E-state index contributed by atoms with van der Waals surface area (Å²) < 4.78 is 1.68. The maximum atomic E-state index is 12.4. The number of hydrogen-bond acceptors (Lipinski definition) is 5. The Hall–Kier alpha value is -1.89. The van der Waals surface area contributed by atoms with Gasteiger partial charge in [0.05, 0.1) is 11.4 Å². The number of thioether (sulfide) groups is 1. The number of rotatable bonds is 4. The normalized spacial score (nSPS) is 18.2. The molecule has 1 aliphatic rings. The van der Waals surface area contributed by atoms with Gasteiger partial charge in [-0.3, -0.25) is 4.79 Å². The van der Waals surface area contributed by atoms with Crippen molar-refractivity contribution in [2.75, 3.05) is 18.8 Å². The van der Waals surface area contributed by atoms with Gasteiger partial charge in [0.15, 0.2) is 0 Å².